The smallest absolute Gasteiger partial charge is 0.387 e. The molecule has 0 aromatic heterocycles. The summed E-state index contributed by atoms with van der Waals surface area (Å²) in [5.74, 6) is 1.10. The summed E-state index contributed by atoms with van der Waals surface area (Å²) in [7, 11) is 0. The van der Waals surface area contributed by atoms with Crippen LogP contribution >= 0.6 is 0 Å². The number of hydrogen-bond acceptors (Lipinski definition) is 5. The number of hydrogen-bond donors (Lipinski definition) is 2. The van der Waals surface area contributed by atoms with E-state index < -0.39 is 6.61 Å². The molecule has 2 N–H and O–H groups in total. The Morgan fingerprint density at radius 2 is 2.24 bits per heavy atom. The molecule has 0 fully saturated rings. The van der Waals surface area contributed by atoms with E-state index >= 15 is 0 Å². The molecule has 1 unspecified atom stereocenters. The standard InChI is InChI=1S/C14H19F2N3O2/c1-3-20-12-6-10(4-5-11(12)21-13(15)16)8-18-14-17-7-9(2)19-14/h4-6,9,13H,3,7-8H2,1-2H3,(H2,17,18,19). The Hall–Kier alpha value is -2.05. The van der Waals surface area contributed by atoms with Crippen molar-refractivity contribution >= 4 is 5.96 Å². The van der Waals surface area contributed by atoms with Gasteiger partial charge in [0.2, 0.25) is 0 Å². The largest absolute Gasteiger partial charge is 0.490 e. The van der Waals surface area contributed by atoms with Gasteiger partial charge < -0.3 is 20.1 Å². The molecule has 1 aliphatic rings. The third kappa shape index (κ3) is 4.47. The highest BCUT2D eigenvalue weighted by Gasteiger charge is 2.14. The maximum atomic E-state index is 12.3. The van der Waals surface area contributed by atoms with E-state index in [-0.39, 0.29) is 5.75 Å². The molecule has 1 aromatic carbocycles. The van der Waals surface area contributed by atoms with E-state index in [4.69, 9.17) is 4.74 Å². The lowest BCUT2D eigenvalue weighted by atomic mass is 10.2. The zero-order chi connectivity index (χ0) is 15.2. The maximum Gasteiger partial charge on any atom is 0.387 e. The van der Waals surface area contributed by atoms with Gasteiger partial charge >= 0.3 is 6.61 Å². The molecule has 0 saturated carbocycles. The van der Waals surface area contributed by atoms with Gasteiger partial charge in [-0.05, 0) is 31.5 Å². The van der Waals surface area contributed by atoms with Gasteiger partial charge in [-0.25, -0.2) is 0 Å². The van der Waals surface area contributed by atoms with Crippen LogP contribution in [0.3, 0.4) is 0 Å². The summed E-state index contributed by atoms with van der Waals surface area (Å²) < 4.78 is 34.4. The number of nitrogens with zero attached hydrogens (tertiary/aromatic N) is 1. The molecular formula is C14H19F2N3O2. The van der Waals surface area contributed by atoms with Gasteiger partial charge in [0.05, 0.1) is 13.2 Å². The van der Waals surface area contributed by atoms with Crippen LogP contribution in [0.4, 0.5) is 8.78 Å². The van der Waals surface area contributed by atoms with E-state index in [1.165, 1.54) is 6.07 Å². The number of nitrogens with one attached hydrogen (secondary N) is 2. The van der Waals surface area contributed by atoms with Crippen LogP contribution in [0.25, 0.3) is 0 Å². The zero-order valence-electron chi connectivity index (χ0n) is 12.0. The van der Waals surface area contributed by atoms with Crippen molar-refractivity contribution in [2.24, 2.45) is 4.99 Å². The predicted octanol–water partition coefficient (Wildman–Crippen LogP) is 2.12. The number of aliphatic imine (C=N–C) groups is 1. The average Bonchev–Trinajstić information content (AvgIpc) is 2.84. The summed E-state index contributed by atoms with van der Waals surface area (Å²) in [6.07, 6.45) is 0. The van der Waals surface area contributed by atoms with Crippen LogP contribution in [0.1, 0.15) is 19.4 Å². The van der Waals surface area contributed by atoms with E-state index in [0.29, 0.717) is 24.9 Å². The van der Waals surface area contributed by atoms with E-state index in [1.54, 1.807) is 19.1 Å². The fourth-order valence-corrected chi connectivity index (χ4v) is 1.97. The number of halogens is 2. The van der Waals surface area contributed by atoms with Gasteiger partial charge in [0.15, 0.2) is 17.5 Å². The van der Waals surface area contributed by atoms with Crippen molar-refractivity contribution < 1.29 is 18.3 Å². The number of ether oxygens (including phenoxy) is 2. The molecule has 0 aliphatic carbocycles. The third-order valence-electron chi connectivity index (χ3n) is 2.89. The van der Waals surface area contributed by atoms with Gasteiger partial charge in [0, 0.05) is 12.6 Å². The number of alkyl halides is 2. The van der Waals surface area contributed by atoms with E-state index in [1.807, 2.05) is 6.92 Å². The fraction of sp³-hybridized carbons (Fsp3) is 0.500. The summed E-state index contributed by atoms with van der Waals surface area (Å²) >= 11 is 0. The van der Waals surface area contributed by atoms with Gasteiger partial charge in [0.25, 0.3) is 0 Å². The Morgan fingerprint density at radius 3 is 2.86 bits per heavy atom. The van der Waals surface area contributed by atoms with E-state index in [9.17, 15) is 8.78 Å². The molecule has 1 aliphatic heterocycles. The Balaban J connectivity index is 2.01. The Bertz CT molecular complexity index is 509. The van der Waals surface area contributed by atoms with Crippen LogP contribution < -0.4 is 20.1 Å². The van der Waals surface area contributed by atoms with Crippen LogP contribution in [-0.4, -0.2) is 31.8 Å². The quantitative estimate of drug-likeness (QED) is 0.845. The van der Waals surface area contributed by atoms with Crippen molar-refractivity contribution in [3.05, 3.63) is 23.8 Å². The summed E-state index contributed by atoms with van der Waals surface area (Å²) in [5, 5.41) is 6.34. The molecule has 0 saturated heterocycles. The van der Waals surface area contributed by atoms with Crippen molar-refractivity contribution in [1.82, 2.24) is 10.6 Å². The zero-order valence-corrected chi connectivity index (χ0v) is 12.0. The first-order chi connectivity index (χ1) is 10.1. The number of rotatable bonds is 6. The fourth-order valence-electron chi connectivity index (χ4n) is 1.97. The molecule has 116 valence electrons. The second-order valence-corrected chi connectivity index (χ2v) is 4.68. The highest BCUT2D eigenvalue weighted by Crippen LogP contribution is 2.29. The number of benzene rings is 1. The van der Waals surface area contributed by atoms with Crippen molar-refractivity contribution in [1.29, 1.82) is 0 Å². The lowest BCUT2D eigenvalue weighted by Gasteiger charge is -2.13. The minimum absolute atomic E-state index is 0.0422. The van der Waals surface area contributed by atoms with Crippen LogP contribution in [0.2, 0.25) is 0 Å². The minimum atomic E-state index is -2.87. The lowest BCUT2D eigenvalue weighted by molar-refractivity contribution is -0.0514. The summed E-state index contributed by atoms with van der Waals surface area (Å²) in [6, 6.07) is 5.22. The van der Waals surface area contributed by atoms with Crippen molar-refractivity contribution in [2.75, 3.05) is 13.2 Å². The number of guanidine groups is 1. The summed E-state index contributed by atoms with van der Waals surface area (Å²) in [4.78, 5) is 4.29. The molecule has 2 rings (SSSR count). The first kappa shape index (κ1) is 15.3. The molecule has 1 aromatic rings. The van der Waals surface area contributed by atoms with Gasteiger partial charge in [0.1, 0.15) is 0 Å². The van der Waals surface area contributed by atoms with Gasteiger partial charge in [-0.2, -0.15) is 8.78 Å². The molecule has 7 heteroatoms. The second kappa shape index (κ2) is 7.10. The highest BCUT2D eigenvalue weighted by atomic mass is 19.3. The summed E-state index contributed by atoms with van der Waals surface area (Å²) in [5.41, 5.74) is 0.893. The van der Waals surface area contributed by atoms with Crippen molar-refractivity contribution in [3.63, 3.8) is 0 Å². The topological polar surface area (TPSA) is 54.9 Å². The van der Waals surface area contributed by atoms with Gasteiger partial charge in [-0.1, -0.05) is 6.07 Å². The lowest BCUT2D eigenvalue weighted by Crippen LogP contribution is -2.37. The molecule has 0 spiro atoms. The minimum Gasteiger partial charge on any atom is -0.490 e. The molecule has 0 amide bonds. The maximum absolute atomic E-state index is 12.3. The monoisotopic (exact) mass is 299 g/mol. The molecule has 0 radical (unpaired) electrons. The third-order valence-corrected chi connectivity index (χ3v) is 2.89. The Kier molecular flexibility index (Phi) is 5.19. The molecule has 1 atom stereocenters. The van der Waals surface area contributed by atoms with Crippen LogP contribution in [0.15, 0.2) is 23.2 Å². The van der Waals surface area contributed by atoms with Crippen LogP contribution in [0, 0.1) is 0 Å². The van der Waals surface area contributed by atoms with Gasteiger partial charge in [-0.3, -0.25) is 4.99 Å². The van der Waals surface area contributed by atoms with Crippen molar-refractivity contribution in [3.8, 4) is 11.5 Å². The molecule has 21 heavy (non-hydrogen) atoms. The van der Waals surface area contributed by atoms with Crippen LogP contribution in [-0.2, 0) is 6.54 Å². The predicted molar refractivity (Wildman–Crippen MR) is 76.0 cm³/mol. The summed E-state index contributed by atoms with van der Waals surface area (Å²) in [6.45, 7) is 2.60. The average molecular weight is 299 g/mol. The molecule has 0 bridgehead atoms. The van der Waals surface area contributed by atoms with Gasteiger partial charge in [-0.15, -0.1) is 0 Å². The first-order valence-electron chi connectivity index (χ1n) is 6.84. The molecule has 1 heterocycles. The normalized spacial score (nSPS) is 17.4. The Morgan fingerprint density at radius 1 is 1.43 bits per heavy atom. The second-order valence-electron chi connectivity index (χ2n) is 4.68. The van der Waals surface area contributed by atoms with Crippen LogP contribution in [0.5, 0.6) is 11.5 Å². The first-order valence-corrected chi connectivity index (χ1v) is 6.84. The Labute approximate surface area is 122 Å². The van der Waals surface area contributed by atoms with Crippen molar-refractivity contribution in [2.45, 2.75) is 33.0 Å². The highest BCUT2D eigenvalue weighted by molar-refractivity contribution is 5.81. The molecular weight excluding hydrogens is 280 g/mol. The van der Waals surface area contributed by atoms with E-state index in [0.717, 1.165) is 18.1 Å². The molecule has 5 nitrogen and oxygen atoms in total. The SMILES string of the molecule is CCOc1cc(CNC2=NCC(C)N2)ccc1OC(F)F. The van der Waals surface area contributed by atoms with E-state index in [2.05, 4.69) is 20.4 Å².